The zero-order chi connectivity index (χ0) is 20.1. The lowest BCUT2D eigenvalue weighted by Crippen LogP contribution is -2.14. The molecule has 1 aromatic heterocycles. The Labute approximate surface area is 171 Å². The number of pyridine rings is 1. The largest absolute Gasteiger partial charge is 0.480 e. The second-order valence-electron chi connectivity index (χ2n) is 6.92. The van der Waals surface area contributed by atoms with Crippen molar-refractivity contribution >= 4 is 27.0 Å². The molecule has 2 heterocycles. The van der Waals surface area contributed by atoms with Gasteiger partial charge in [0.2, 0.25) is 5.88 Å². The van der Waals surface area contributed by atoms with Crippen molar-refractivity contribution in [1.82, 2.24) is 4.98 Å². The van der Waals surface area contributed by atoms with E-state index in [1.54, 1.807) is 25.3 Å². The molecule has 2 aromatic rings. The van der Waals surface area contributed by atoms with Crippen molar-refractivity contribution in [2.75, 3.05) is 26.6 Å². The van der Waals surface area contributed by atoms with Gasteiger partial charge in [0, 0.05) is 19.5 Å². The molecule has 7 heteroatoms. The molecule has 28 heavy (non-hydrogen) atoms. The van der Waals surface area contributed by atoms with Crippen LogP contribution in [0.3, 0.4) is 0 Å². The highest BCUT2D eigenvalue weighted by atomic mass is 35.5. The first-order chi connectivity index (χ1) is 13.4. The number of allylic oxidation sites excluding steroid dienone is 2. The molecule has 0 N–H and O–H groups in total. The Balaban J connectivity index is 1.93. The molecule has 0 unspecified atom stereocenters. The Morgan fingerprint density at radius 1 is 1.21 bits per heavy atom. The quantitative estimate of drug-likeness (QED) is 0.699. The second-order valence-corrected chi connectivity index (χ2v) is 9.35. The average Bonchev–Trinajstić information content (AvgIpc) is 2.68. The fourth-order valence-corrected chi connectivity index (χ4v) is 4.03. The van der Waals surface area contributed by atoms with Gasteiger partial charge in [0.1, 0.15) is 5.02 Å². The lowest BCUT2D eigenvalue weighted by Gasteiger charge is -2.20. The summed E-state index contributed by atoms with van der Waals surface area (Å²) in [6.07, 6.45) is 6.05. The number of ether oxygens (including phenoxy) is 2. The fourth-order valence-electron chi connectivity index (χ4n) is 3.22. The lowest BCUT2D eigenvalue weighted by molar-refractivity contribution is 0.0786. The summed E-state index contributed by atoms with van der Waals surface area (Å²) in [4.78, 5) is 4.88. The van der Waals surface area contributed by atoms with Crippen LogP contribution >= 0.6 is 11.6 Å². The van der Waals surface area contributed by atoms with Crippen molar-refractivity contribution in [3.8, 4) is 5.88 Å². The van der Waals surface area contributed by atoms with Crippen LogP contribution in [-0.2, 0) is 21.0 Å². The Morgan fingerprint density at radius 3 is 2.50 bits per heavy atom. The Morgan fingerprint density at radius 2 is 1.89 bits per heavy atom. The van der Waals surface area contributed by atoms with E-state index in [1.165, 1.54) is 6.26 Å². The molecule has 1 aliphatic heterocycles. The van der Waals surface area contributed by atoms with Gasteiger partial charge in [0.25, 0.3) is 0 Å². The van der Waals surface area contributed by atoms with Gasteiger partial charge in [-0.05, 0) is 60.6 Å². The lowest BCUT2D eigenvalue weighted by atomic mass is 9.93. The van der Waals surface area contributed by atoms with Gasteiger partial charge in [-0.3, -0.25) is 0 Å². The van der Waals surface area contributed by atoms with Gasteiger partial charge in [0.15, 0.2) is 9.84 Å². The first-order valence-corrected chi connectivity index (χ1v) is 11.4. The summed E-state index contributed by atoms with van der Waals surface area (Å²) in [5.74, 6) is 0.812. The van der Waals surface area contributed by atoms with Crippen molar-refractivity contribution in [3.05, 3.63) is 58.8 Å². The van der Waals surface area contributed by atoms with E-state index in [-0.39, 0.29) is 0 Å². The summed E-state index contributed by atoms with van der Waals surface area (Å²) in [7, 11) is -1.66. The van der Waals surface area contributed by atoms with Crippen molar-refractivity contribution in [1.29, 1.82) is 0 Å². The molecule has 0 radical (unpaired) electrons. The van der Waals surface area contributed by atoms with Gasteiger partial charge in [0.05, 0.1) is 17.7 Å². The van der Waals surface area contributed by atoms with Crippen LogP contribution < -0.4 is 4.74 Å². The molecular formula is C21H24ClNO4S. The molecule has 1 fully saturated rings. The third-order valence-electron chi connectivity index (χ3n) is 4.79. The Bertz CT molecular complexity index is 949. The molecule has 1 aliphatic rings. The number of rotatable bonds is 6. The minimum absolute atomic E-state index is 0.317. The van der Waals surface area contributed by atoms with Crippen LogP contribution in [-0.4, -0.2) is 40.0 Å². The topological polar surface area (TPSA) is 65.5 Å². The molecule has 0 bridgehead atoms. The van der Waals surface area contributed by atoms with E-state index in [4.69, 9.17) is 21.1 Å². The first kappa shape index (κ1) is 20.8. The highest BCUT2D eigenvalue weighted by Crippen LogP contribution is 2.29. The minimum Gasteiger partial charge on any atom is -0.480 e. The Hall–Kier alpha value is -1.89. The van der Waals surface area contributed by atoms with Gasteiger partial charge in [-0.25, -0.2) is 13.4 Å². The fraction of sp³-hybridized carbons (Fsp3) is 0.381. The van der Waals surface area contributed by atoms with Gasteiger partial charge in [-0.2, -0.15) is 0 Å². The van der Waals surface area contributed by atoms with Crippen molar-refractivity contribution < 1.29 is 17.9 Å². The van der Waals surface area contributed by atoms with Gasteiger partial charge < -0.3 is 9.47 Å². The van der Waals surface area contributed by atoms with Crippen LogP contribution in [0.15, 0.2) is 47.4 Å². The van der Waals surface area contributed by atoms with Crippen LogP contribution in [0.25, 0.3) is 5.57 Å². The minimum atomic E-state index is -3.21. The standard InChI is InChI=1S/C21H24ClNO4S/c1-26-21-19(22)7-8-20(23-21)17(14-16-9-11-27-12-10-16)13-15-3-5-18(6-4-15)28(2,24)25/h3-8,14,16H,9-13H2,1-2H3/b17-14-. The number of halogens is 1. The average molecular weight is 422 g/mol. The van der Waals surface area contributed by atoms with E-state index in [1.807, 2.05) is 18.2 Å². The molecule has 0 atom stereocenters. The molecule has 0 aliphatic carbocycles. The number of aromatic nitrogens is 1. The van der Waals surface area contributed by atoms with Crippen molar-refractivity contribution in [2.24, 2.45) is 5.92 Å². The molecule has 0 saturated carbocycles. The predicted octanol–water partition coefficient (Wildman–Crippen LogP) is 4.20. The molecule has 0 spiro atoms. The maximum atomic E-state index is 11.7. The van der Waals surface area contributed by atoms with Crippen molar-refractivity contribution in [2.45, 2.75) is 24.2 Å². The van der Waals surface area contributed by atoms with Crippen molar-refractivity contribution in [3.63, 3.8) is 0 Å². The van der Waals surface area contributed by atoms with Crippen LogP contribution in [0.4, 0.5) is 0 Å². The van der Waals surface area contributed by atoms with Gasteiger partial charge in [-0.1, -0.05) is 29.8 Å². The van der Waals surface area contributed by atoms with Gasteiger partial charge >= 0.3 is 0 Å². The van der Waals surface area contributed by atoms with Crippen LogP contribution in [0.5, 0.6) is 5.88 Å². The van der Waals surface area contributed by atoms with E-state index in [9.17, 15) is 8.42 Å². The number of benzene rings is 1. The Kier molecular flexibility index (Phi) is 6.75. The van der Waals surface area contributed by atoms with Crippen LogP contribution in [0.2, 0.25) is 5.02 Å². The number of sulfone groups is 1. The monoisotopic (exact) mass is 421 g/mol. The number of hydrogen-bond donors (Lipinski definition) is 0. The molecule has 0 amide bonds. The second kappa shape index (κ2) is 9.07. The number of methoxy groups -OCH3 is 1. The highest BCUT2D eigenvalue weighted by molar-refractivity contribution is 7.90. The molecule has 150 valence electrons. The van der Waals surface area contributed by atoms with Gasteiger partial charge in [-0.15, -0.1) is 0 Å². The maximum Gasteiger partial charge on any atom is 0.232 e. The van der Waals surface area contributed by atoms with E-state index >= 15 is 0 Å². The summed E-state index contributed by atoms with van der Waals surface area (Å²) < 4.78 is 34.1. The number of hydrogen-bond acceptors (Lipinski definition) is 5. The summed E-state index contributed by atoms with van der Waals surface area (Å²) in [5, 5.41) is 0.467. The summed E-state index contributed by atoms with van der Waals surface area (Å²) in [6, 6.07) is 10.7. The van der Waals surface area contributed by atoms with E-state index in [0.717, 1.165) is 42.9 Å². The zero-order valence-corrected chi connectivity index (χ0v) is 17.6. The summed E-state index contributed by atoms with van der Waals surface area (Å²) in [6.45, 7) is 1.52. The third-order valence-corrected chi connectivity index (χ3v) is 6.20. The van der Waals surface area contributed by atoms with E-state index < -0.39 is 9.84 Å². The first-order valence-electron chi connectivity index (χ1n) is 9.15. The third kappa shape index (κ3) is 5.34. The zero-order valence-electron chi connectivity index (χ0n) is 16.0. The molecular weight excluding hydrogens is 398 g/mol. The summed E-state index contributed by atoms with van der Waals surface area (Å²) >= 11 is 6.13. The van der Waals surface area contributed by atoms with E-state index in [2.05, 4.69) is 11.1 Å². The SMILES string of the molecule is COc1nc(/C(=C\C2CCOCC2)Cc2ccc(S(C)(=O)=O)cc2)ccc1Cl. The normalized spacial score (nSPS) is 16.2. The van der Waals surface area contributed by atoms with Crippen LogP contribution in [0.1, 0.15) is 24.1 Å². The maximum absolute atomic E-state index is 11.7. The molecule has 3 rings (SSSR count). The van der Waals surface area contributed by atoms with Crippen LogP contribution in [0, 0.1) is 5.92 Å². The van der Waals surface area contributed by atoms with E-state index in [0.29, 0.717) is 28.1 Å². The summed E-state index contributed by atoms with van der Waals surface area (Å²) in [5.41, 5.74) is 2.88. The molecule has 1 saturated heterocycles. The number of nitrogens with zero attached hydrogens (tertiary/aromatic N) is 1. The smallest absolute Gasteiger partial charge is 0.232 e. The predicted molar refractivity (Wildman–Crippen MR) is 111 cm³/mol. The highest BCUT2D eigenvalue weighted by Gasteiger charge is 2.16. The molecule has 1 aromatic carbocycles. The molecule has 5 nitrogen and oxygen atoms in total.